The smallest absolute Gasteiger partial charge is 0.270 e. The number of halogens is 1. The summed E-state index contributed by atoms with van der Waals surface area (Å²) in [7, 11) is 0. The Balaban J connectivity index is 2.15. The minimum Gasteiger partial charge on any atom is -0.489 e. The average molecular weight is 307 g/mol. The molecule has 2 rings (SSSR count). The number of para-hydroxylation sites is 1. The lowest BCUT2D eigenvalue weighted by Crippen LogP contribution is -2.08. The summed E-state index contributed by atoms with van der Waals surface area (Å²) in [5, 5.41) is 11.0. The largest absolute Gasteiger partial charge is 0.489 e. The van der Waals surface area contributed by atoms with Crippen LogP contribution >= 0.6 is 11.6 Å². The molecule has 0 aromatic heterocycles. The Bertz CT molecular complexity index is 659. The fraction of sp³-hybridized carbons (Fsp3) is 0.200. The molecule has 2 N–H and O–H groups in total. The number of rotatable bonds is 5. The van der Waals surface area contributed by atoms with E-state index < -0.39 is 4.92 Å². The third-order valence-electron chi connectivity index (χ3n) is 3.04. The van der Waals surface area contributed by atoms with Gasteiger partial charge in [0.05, 0.1) is 9.95 Å². The third-order valence-corrected chi connectivity index (χ3v) is 3.39. The molecule has 0 radical (unpaired) electrons. The SMILES string of the molecule is C[C@@H](N)c1ccccc1OCc1ccc([N+](=O)[O-])cc1Cl. The Morgan fingerprint density at radius 3 is 2.67 bits per heavy atom. The minimum atomic E-state index is -0.484. The number of nitrogens with two attached hydrogens (primary N) is 1. The molecule has 0 fully saturated rings. The van der Waals surface area contributed by atoms with Crippen LogP contribution < -0.4 is 10.5 Å². The summed E-state index contributed by atoms with van der Waals surface area (Å²) in [5.41, 5.74) is 7.42. The van der Waals surface area contributed by atoms with Gasteiger partial charge >= 0.3 is 0 Å². The van der Waals surface area contributed by atoms with Crippen LogP contribution in [-0.4, -0.2) is 4.92 Å². The zero-order valence-corrected chi connectivity index (χ0v) is 12.2. The van der Waals surface area contributed by atoms with Crippen LogP contribution in [0, 0.1) is 10.1 Å². The first kappa shape index (κ1) is 15.3. The molecule has 0 unspecified atom stereocenters. The predicted molar refractivity (Wildman–Crippen MR) is 81.5 cm³/mol. The van der Waals surface area contributed by atoms with Crippen molar-refractivity contribution in [3.63, 3.8) is 0 Å². The number of hydrogen-bond acceptors (Lipinski definition) is 4. The quantitative estimate of drug-likeness (QED) is 0.672. The Labute approximate surface area is 127 Å². The van der Waals surface area contributed by atoms with Gasteiger partial charge in [-0.15, -0.1) is 0 Å². The van der Waals surface area contributed by atoms with Crippen LogP contribution in [0.2, 0.25) is 5.02 Å². The van der Waals surface area contributed by atoms with Gasteiger partial charge in [-0.25, -0.2) is 0 Å². The van der Waals surface area contributed by atoms with Crippen molar-refractivity contribution < 1.29 is 9.66 Å². The van der Waals surface area contributed by atoms with E-state index in [9.17, 15) is 10.1 Å². The summed E-state index contributed by atoms with van der Waals surface area (Å²) in [6.07, 6.45) is 0. The van der Waals surface area contributed by atoms with Crippen LogP contribution in [-0.2, 0) is 6.61 Å². The molecule has 110 valence electrons. The molecule has 2 aromatic carbocycles. The summed E-state index contributed by atoms with van der Waals surface area (Å²) in [4.78, 5) is 10.2. The maximum Gasteiger partial charge on any atom is 0.270 e. The Hall–Kier alpha value is -2.11. The minimum absolute atomic E-state index is 0.0419. The van der Waals surface area contributed by atoms with Gasteiger partial charge in [-0.3, -0.25) is 10.1 Å². The second-order valence-electron chi connectivity index (χ2n) is 4.65. The van der Waals surface area contributed by atoms with Gasteiger partial charge in [-0.05, 0) is 19.1 Å². The second-order valence-corrected chi connectivity index (χ2v) is 5.06. The van der Waals surface area contributed by atoms with Crippen molar-refractivity contribution in [2.75, 3.05) is 0 Å². The van der Waals surface area contributed by atoms with Gasteiger partial charge in [0.15, 0.2) is 0 Å². The zero-order valence-electron chi connectivity index (χ0n) is 11.5. The van der Waals surface area contributed by atoms with E-state index in [4.69, 9.17) is 22.1 Å². The average Bonchev–Trinajstić information content (AvgIpc) is 2.46. The molecule has 5 nitrogen and oxygen atoms in total. The number of hydrogen-bond donors (Lipinski definition) is 1. The highest BCUT2D eigenvalue weighted by molar-refractivity contribution is 6.31. The van der Waals surface area contributed by atoms with E-state index in [1.54, 1.807) is 6.07 Å². The number of non-ortho nitro benzene ring substituents is 1. The molecule has 6 heteroatoms. The number of nitrogens with zero attached hydrogens (tertiary/aromatic N) is 1. The lowest BCUT2D eigenvalue weighted by atomic mass is 10.1. The Kier molecular flexibility index (Phi) is 4.77. The molecule has 1 atom stereocenters. The highest BCUT2D eigenvalue weighted by Gasteiger charge is 2.11. The molecule has 2 aromatic rings. The van der Waals surface area contributed by atoms with E-state index in [1.165, 1.54) is 12.1 Å². The van der Waals surface area contributed by atoms with Crippen molar-refractivity contribution >= 4 is 17.3 Å². The number of ether oxygens (including phenoxy) is 1. The normalized spacial score (nSPS) is 12.0. The fourth-order valence-corrected chi connectivity index (χ4v) is 2.14. The second kappa shape index (κ2) is 6.56. The monoisotopic (exact) mass is 306 g/mol. The highest BCUT2D eigenvalue weighted by atomic mass is 35.5. The maximum absolute atomic E-state index is 10.7. The van der Waals surface area contributed by atoms with Crippen LogP contribution in [0.25, 0.3) is 0 Å². The topological polar surface area (TPSA) is 78.4 Å². The number of nitro benzene ring substituents is 1. The third kappa shape index (κ3) is 3.71. The molecule has 0 aliphatic rings. The summed E-state index contributed by atoms with van der Waals surface area (Å²) in [6, 6.07) is 11.7. The van der Waals surface area contributed by atoms with E-state index in [1.807, 2.05) is 31.2 Å². The number of benzene rings is 2. The highest BCUT2D eigenvalue weighted by Crippen LogP contribution is 2.27. The van der Waals surface area contributed by atoms with E-state index in [2.05, 4.69) is 0 Å². The Morgan fingerprint density at radius 1 is 1.33 bits per heavy atom. The molecule has 0 aliphatic carbocycles. The van der Waals surface area contributed by atoms with Gasteiger partial charge in [0.1, 0.15) is 12.4 Å². The van der Waals surface area contributed by atoms with Crippen molar-refractivity contribution in [3.05, 3.63) is 68.7 Å². The van der Waals surface area contributed by atoms with Crippen molar-refractivity contribution in [1.82, 2.24) is 0 Å². The van der Waals surface area contributed by atoms with Crippen molar-refractivity contribution in [1.29, 1.82) is 0 Å². The van der Waals surface area contributed by atoms with Crippen LogP contribution in [0.4, 0.5) is 5.69 Å². The van der Waals surface area contributed by atoms with Gasteiger partial charge in [-0.1, -0.05) is 29.8 Å². The lowest BCUT2D eigenvalue weighted by Gasteiger charge is -2.14. The molecular formula is C15H15ClN2O3. The first-order chi connectivity index (χ1) is 9.99. The van der Waals surface area contributed by atoms with Gasteiger partial charge in [0.25, 0.3) is 5.69 Å². The Morgan fingerprint density at radius 2 is 2.05 bits per heavy atom. The molecule has 0 spiro atoms. The molecular weight excluding hydrogens is 292 g/mol. The summed E-state index contributed by atoms with van der Waals surface area (Å²) >= 11 is 6.03. The molecule has 0 aliphatic heterocycles. The predicted octanol–water partition coefficient (Wildman–Crippen LogP) is 3.85. The lowest BCUT2D eigenvalue weighted by molar-refractivity contribution is -0.384. The summed E-state index contributed by atoms with van der Waals surface area (Å²) in [5.74, 6) is 0.682. The van der Waals surface area contributed by atoms with Crippen LogP contribution in [0.1, 0.15) is 24.1 Å². The molecule has 0 saturated carbocycles. The van der Waals surface area contributed by atoms with Crippen LogP contribution in [0.15, 0.2) is 42.5 Å². The van der Waals surface area contributed by atoms with E-state index in [0.717, 1.165) is 5.56 Å². The van der Waals surface area contributed by atoms with E-state index >= 15 is 0 Å². The van der Waals surface area contributed by atoms with E-state index in [0.29, 0.717) is 16.3 Å². The molecule has 0 heterocycles. The van der Waals surface area contributed by atoms with Gasteiger partial charge in [0, 0.05) is 29.3 Å². The van der Waals surface area contributed by atoms with Gasteiger partial charge in [0.2, 0.25) is 0 Å². The summed E-state index contributed by atoms with van der Waals surface area (Å²) in [6.45, 7) is 2.10. The van der Waals surface area contributed by atoms with Crippen molar-refractivity contribution in [3.8, 4) is 5.75 Å². The first-order valence-corrected chi connectivity index (χ1v) is 6.77. The molecule has 0 amide bonds. The van der Waals surface area contributed by atoms with Crippen molar-refractivity contribution in [2.45, 2.75) is 19.6 Å². The maximum atomic E-state index is 10.7. The van der Waals surface area contributed by atoms with E-state index in [-0.39, 0.29) is 18.3 Å². The van der Waals surface area contributed by atoms with Gasteiger partial charge in [-0.2, -0.15) is 0 Å². The summed E-state index contributed by atoms with van der Waals surface area (Å²) < 4.78 is 5.73. The molecule has 0 saturated heterocycles. The molecule has 0 bridgehead atoms. The van der Waals surface area contributed by atoms with Gasteiger partial charge < -0.3 is 10.5 Å². The van der Waals surface area contributed by atoms with Crippen LogP contribution in [0.5, 0.6) is 5.75 Å². The van der Waals surface area contributed by atoms with Crippen molar-refractivity contribution in [2.24, 2.45) is 5.73 Å². The zero-order chi connectivity index (χ0) is 15.4. The van der Waals surface area contributed by atoms with Crippen LogP contribution in [0.3, 0.4) is 0 Å². The fourth-order valence-electron chi connectivity index (χ4n) is 1.91. The molecule has 21 heavy (non-hydrogen) atoms. The first-order valence-electron chi connectivity index (χ1n) is 6.39. The number of nitro groups is 1. The standard InChI is InChI=1S/C15H15ClN2O3/c1-10(17)13-4-2-3-5-15(13)21-9-11-6-7-12(18(19)20)8-14(11)16/h2-8,10H,9,17H2,1H3/t10-/m1/s1.